The lowest BCUT2D eigenvalue weighted by Crippen LogP contribution is -2.42. The average molecular weight is 382 g/mol. The van der Waals surface area contributed by atoms with E-state index in [2.05, 4.69) is 21.7 Å². The Kier molecular flexibility index (Phi) is 6.73. The number of carbonyl (C=O) groups excluding carboxylic acids is 1. The number of nitrogens with one attached hydrogen (secondary N) is 2. The average Bonchev–Trinajstić information content (AvgIpc) is 3.12. The van der Waals surface area contributed by atoms with Gasteiger partial charge in [-0.1, -0.05) is 30.3 Å². The maximum Gasteiger partial charge on any atom is 0.255 e. The van der Waals surface area contributed by atoms with Crippen molar-refractivity contribution < 1.29 is 14.3 Å². The van der Waals surface area contributed by atoms with Crippen molar-refractivity contribution in [2.24, 2.45) is 10.7 Å². The first-order valence-corrected chi connectivity index (χ1v) is 9.41. The molecule has 7 nitrogen and oxygen atoms in total. The van der Waals surface area contributed by atoms with Gasteiger partial charge in [0.25, 0.3) is 5.91 Å². The maximum atomic E-state index is 10.8. The molecule has 2 aromatic carbocycles. The lowest BCUT2D eigenvalue weighted by atomic mass is 10.1. The smallest absolute Gasteiger partial charge is 0.255 e. The van der Waals surface area contributed by atoms with Gasteiger partial charge < -0.3 is 25.8 Å². The SMILES string of the molecule is CCNC(=NCc1cccc(OCC(N)=O)c1)NCC1Cc2ccccc2O1. The van der Waals surface area contributed by atoms with E-state index in [1.807, 2.05) is 43.3 Å². The number of carbonyl (C=O) groups is 1. The summed E-state index contributed by atoms with van der Waals surface area (Å²) in [5.41, 5.74) is 7.33. The third kappa shape index (κ3) is 5.64. The Labute approximate surface area is 164 Å². The van der Waals surface area contributed by atoms with Crippen LogP contribution in [0.5, 0.6) is 11.5 Å². The largest absolute Gasteiger partial charge is 0.488 e. The summed E-state index contributed by atoms with van der Waals surface area (Å²) >= 11 is 0. The molecule has 0 spiro atoms. The van der Waals surface area contributed by atoms with Crippen LogP contribution in [0.3, 0.4) is 0 Å². The van der Waals surface area contributed by atoms with Gasteiger partial charge in [-0.25, -0.2) is 4.99 Å². The highest BCUT2D eigenvalue weighted by atomic mass is 16.5. The standard InChI is InChI=1S/C21H26N4O3/c1-2-23-21(25-13-18-11-16-7-3-4-9-19(16)28-18)24-12-15-6-5-8-17(10-15)27-14-20(22)26/h3-10,18H,2,11-14H2,1H3,(H2,22,26)(H2,23,24,25). The van der Waals surface area contributed by atoms with Crippen molar-refractivity contribution in [3.63, 3.8) is 0 Å². The predicted octanol–water partition coefficient (Wildman–Crippen LogP) is 1.61. The summed E-state index contributed by atoms with van der Waals surface area (Å²) in [7, 11) is 0. The Morgan fingerprint density at radius 3 is 2.89 bits per heavy atom. The van der Waals surface area contributed by atoms with Crippen LogP contribution in [0.4, 0.5) is 0 Å². The minimum absolute atomic E-state index is 0.0896. The van der Waals surface area contributed by atoms with Gasteiger partial charge in [0.05, 0.1) is 13.1 Å². The molecule has 7 heteroatoms. The molecule has 1 aliphatic heterocycles. The zero-order valence-electron chi connectivity index (χ0n) is 16.0. The van der Waals surface area contributed by atoms with Gasteiger partial charge in [0.2, 0.25) is 0 Å². The number of fused-ring (bicyclic) bond motifs is 1. The number of nitrogens with two attached hydrogens (primary N) is 1. The van der Waals surface area contributed by atoms with Crippen molar-refractivity contribution in [3.05, 3.63) is 59.7 Å². The lowest BCUT2D eigenvalue weighted by molar-refractivity contribution is -0.119. The molecule has 0 bridgehead atoms. The molecular weight excluding hydrogens is 356 g/mol. The maximum absolute atomic E-state index is 10.8. The number of ether oxygens (including phenoxy) is 2. The Morgan fingerprint density at radius 1 is 1.25 bits per heavy atom. The molecule has 3 rings (SSSR count). The number of benzene rings is 2. The zero-order valence-corrected chi connectivity index (χ0v) is 16.0. The van der Waals surface area contributed by atoms with Crippen molar-refractivity contribution in [2.75, 3.05) is 19.7 Å². The van der Waals surface area contributed by atoms with Crippen LogP contribution in [-0.4, -0.2) is 37.7 Å². The van der Waals surface area contributed by atoms with Crippen LogP contribution in [0.1, 0.15) is 18.1 Å². The number of hydrogen-bond donors (Lipinski definition) is 3. The number of para-hydroxylation sites is 1. The second-order valence-corrected chi connectivity index (χ2v) is 6.53. The monoisotopic (exact) mass is 382 g/mol. The van der Waals surface area contributed by atoms with Gasteiger partial charge in [0.1, 0.15) is 17.6 Å². The molecule has 1 atom stereocenters. The van der Waals surface area contributed by atoms with Crippen molar-refractivity contribution >= 4 is 11.9 Å². The first-order chi connectivity index (χ1) is 13.6. The quantitative estimate of drug-likeness (QED) is 0.476. The lowest BCUT2D eigenvalue weighted by Gasteiger charge is -2.15. The first-order valence-electron chi connectivity index (χ1n) is 9.41. The molecule has 4 N–H and O–H groups in total. The van der Waals surface area contributed by atoms with E-state index in [0.29, 0.717) is 18.8 Å². The molecule has 0 aliphatic carbocycles. The minimum Gasteiger partial charge on any atom is -0.488 e. The Bertz CT molecular complexity index is 813. The third-order valence-corrected chi connectivity index (χ3v) is 4.25. The van der Waals surface area contributed by atoms with E-state index >= 15 is 0 Å². The van der Waals surface area contributed by atoms with Crippen LogP contribution in [0.2, 0.25) is 0 Å². The second kappa shape index (κ2) is 9.64. The number of primary amides is 1. The summed E-state index contributed by atoms with van der Waals surface area (Å²) in [5, 5.41) is 6.59. The molecule has 148 valence electrons. The van der Waals surface area contributed by atoms with Crippen LogP contribution < -0.4 is 25.8 Å². The fourth-order valence-electron chi connectivity index (χ4n) is 2.98. The van der Waals surface area contributed by atoms with Crippen LogP contribution in [-0.2, 0) is 17.8 Å². The number of guanidine groups is 1. The summed E-state index contributed by atoms with van der Waals surface area (Å²) in [4.78, 5) is 15.5. The van der Waals surface area contributed by atoms with Gasteiger partial charge >= 0.3 is 0 Å². The Hall–Kier alpha value is -3.22. The molecule has 28 heavy (non-hydrogen) atoms. The second-order valence-electron chi connectivity index (χ2n) is 6.53. The summed E-state index contributed by atoms with van der Waals surface area (Å²) < 4.78 is 11.3. The van der Waals surface area contributed by atoms with Gasteiger partial charge in [0.15, 0.2) is 12.6 Å². The van der Waals surface area contributed by atoms with E-state index in [0.717, 1.165) is 30.2 Å². The molecule has 0 radical (unpaired) electrons. The van der Waals surface area contributed by atoms with E-state index in [1.54, 1.807) is 6.07 Å². The minimum atomic E-state index is -0.502. The summed E-state index contributed by atoms with van der Waals surface area (Å²) in [6, 6.07) is 15.6. The van der Waals surface area contributed by atoms with Crippen LogP contribution in [0.15, 0.2) is 53.5 Å². The first kappa shape index (κ1) is 19.5. The number of amides is 1. The van der Waals surface area contributed by atoms with E-state index in [4.69, 9.17) is 15.2 Å². The highest BCUT2D eigenvalue weighted by Crippen LogP contribution is 2.27. The molecule has 0 saturated carbocycles. The Balaban J connectivity index is 1.54. The number of hydrogen-bond acceptors (Lipinski definition) is 4. The van der Waals surface area contributed by atoms with E-state index in [9.17, 15) is 4.79 Å². The predicted molar refractivity (Wildman–Crippen MR) is 109 cm³/mol. The molecule has 1 amide bonds. The fraction of sp³-hybridized carbons (Fsp3) is 0.333. The van der Waals surface area contributed by atoms with Crippen molar-refractivity contribution in [1.82, 2.24) is 10.6 Å². The van der Waals surface area contributed by atoms with Crippen molar-refractivity contribution in [3.8, 4) is 11.5 Å². The molecule has 1 aliphatic rings. The zero-order chi connectivity index (χ0) is 19.8. The fourth-order valence-corrected chi connectivity index (χ4v) is 2.98. The summed E-state index contributed by atoms with van der Waals surface area (Å²) in [6.07, 6.45) is 0.980. The van der Waals surface area contributed by atoms with E-state index in [1.165, 1.54) is 5.56 Å². The topological polar surface area (TPSA) is 98.0 Å². The van der Waals surface area contributed by atoms with E-state index < -0.39 is 5.91 Å². The normalized spacial score (nSPS) is 15.5. The van der Waals surface area contributed by atoms with Crippen LogP contribution in [0, 0.1) is 0 Å². The molecule has 2 aromatic rings. The molecule has 1 unspecified atom stereocenters. The van der Waals surface area contributed by atoms with Crippen LogP contribution in [0.25, 0.3) is 0 Å². The highest BCUT2D eigenvalue weighted by molar-refractivity contribution is 5.79. The molecular formula is C21H26N4O3. The molecule has 0 aromatic heterocycles. The summed E-state index contributed by atoms with van der Waals surface area (Å²) in [5.74, 6) is 1.79. The van der Waals surface area contributed by atoms with E-state index in [-0.39, 0.29) is 12.7 Å². The Morgan fingerprint density at radius 2 is 2.11 bits per heavy atom. The van der Waals surface area contributed by atoms with Gasteiger partial charge in [-0.05, 0) is 36.2 Å². The van der Waals surface area contributed by atoms with Crippen molar-refractivity contribution in [2.45, 2.75) is 26.0 Å². The number of nitrogens with zero attached hydrogens (tertiary/aromatic N) is 1. The molecule has 0 fully saturated rings. The van der Waals surface area contributed by atoms with Gasteiger partial charge in [-0.15, -0.1) is 0 Å². The number of rotatable bonds is 8. The summed E-state index contributed by atoms with van der Waals surface area (Å²) in [6.45, 7) is 3.80. The van der Waals surface area contributed by atoms with Crippen molar-refractivity contribution in [1.29, 1.82) is 0 Å². The van der Waals surface area contributed by atoms with Crippen LogP contribution >= 0.6 is 0 Å². The molecule has 0 saturated heterocycles. The number of aliphatic imine (C=N–C) groups is 1. The van der Waals surface area contributed by atoms with Gasteiger partial charge in [-0.3, -0.25) is 4.79 Å². The molecule has 1 heterocycles. The third-order valence-electron chi connectivity index (χ3n) is 4.25. The highest BCUT2D eigenvalue weighted by Gasteiger charge is 2.22. The van der Waals surface area contributed by atoms with Gasteiger partial charge in [0, 0.05) is 13.0 Å². The van der Waals surface area contributed by atoms with Gasteiger partial charge in [-0.2, -0.15) is 0 Å².